The van der Waals surface area contributed by atoms with Gasteiger partial charge in [0.15, 0.2) is 0 Å². The van der Waals surface area contributed by atoms with Crippen molar-refractivity contribution in [3.63, 3.8) is 0 Å². The number of rotatable bonds is 5. The van der Waals surface area contributed by atoms with E-state index in [1.807, 2.05) is 0 Å². The molecule has 126 valence electrons. The van der Waals surface area contributed by atoms with Gasteiger partial charge in [0, 0.05) is 0 Å². The highest BCUT2D eigenvalue weighted by Gasteiger charge is 2.12. The molecule has 3 aromatic rings. The van der Waals surface area contributed by atoms with Crippen LogP contribution in [0.4, 0.5) is 21.6 Å². The second-order valence-corrected chi connectivity index (χ2v) is 5.19. The molecule has 5 nitrogen and oxygen atoms in total. The molecule has 1 amide bonds. The van der Waals surface area contributed by atoms with Gasteiger partial charge in [-0.3, -0.25) is 4.79 Å². The third-order valence-electron chi connectivity index (χ3n) is 3.51. The average molecular weight is 337 g/mol. The van der Waals surface area contributed by atoms with Crippen LogP contribution < -0.4 is 15.4 Å². The first-order chi connectivity index (χ1) is 12.2. The number of carbonyl (C=O) groups is 1. The van der Waals surface area contributed by atoms with Gasteiger partial charge in [0.25, 0.3) is 5.91 Å². The number of carbonyl (C=O) groups excluding carboxylic acids is 1. The summed E-state index contributed by atoms with van der Waals surface area (Å²) in [5.41, 5.74) is 1.39. The smallest absolute Gasteiger partial charge is 0.260 e. The number of aromatic nitrogens is 1. The van der Waals surface area contributed by atoms with Gasteiger partial charge in [-0.05, 0) is 36.4 Å². The van der Waals surface area contributed by atoms with Crippen LogP contribution in [0.5, 0.6) is 5.75 Å². The summed E-state index contributed by atoms with van der Waals surface area (Å²) in [5, 5.41) is 5.64. The van der Waals surface area contributed by atoms with E-state index in [-0.39, 0.29) is 11.7 Å². The second-order valence-electron chi connectivity index (χ2n) is 5.19. The Labute approximate surface area is 144 Å². The molecule has 0 saturated heterocycles. The summed E-state index contributed by atoms with van der Waals surface area (Å²) in [6, 6.07) is 16.6. The SMILES string of the molecule is COc1ccccc1C(=O)Nc1ccc(Nc2ccccc2F)cn1. The standard InChI is InChI=1S/C19H16FN3O2/c1-25-17-9-5-2-6-14(17)19(24)23-18-11-10-13(12-21-18)22-16-8-4-3-7-15(16)20/h2-12,22H,1H3,(H,21,23,24). The molecule has 0 fully saturated rings. The molecule has 0 bridgehead atoms. The summed E-state index contributed by atoms with van der Waals surface area (Å²) in [6.45, 7) is 0. The Morgan fingerprint density at radius 1 is 1.04 bits per heavy atom. The van der Waals surface area contributed by atoms with Gasteiger partial charge in [0.1, 0.15) is 17.4 Å². The quantitative estimate of drug-likeness (QED) is 0.731. The third-order valence-corrected chi connectivity index (χ3v) is 3.51. The first-order valence-corrected chi connectivity index (χ1v) is 7.59. The van der Waals surface area contributed by atoms with Crippen molar-refractivity contribution in [2.75, 3.05) is 17.7 Å². The van der Waals surface area contributed by atoms with Crippen molar-refractivity contribution in [3.8, 4) is 5.75 Å². The van der Waals surface area contributed by atoms with E-state index in [2.05, 4.69) is 15.6 Å². The molecular weight excluding hydrogens is 321 g/mol. The Kier molecular flexibility index (Phi) is 4.89. The van der Waals surface area contributed by atoms with Gasteiger partial charge in [0.2, 0.25) is 0 Å². The summed E-state index contributed by atoms with van der Waals surface area (Å²) in [7, 11) is 1.51. The van der Waals surface area contributed by atoms with E-state index in [9.17, 15) is 9.18 Å². The van der Waals surface area contributed by atoms with Crippen LogP contribution in [0.15, 0.2) is 66.9 Å². The number of nitrogens with one attached hydrogen (secondary N) is 2. The lowest BCUT2D eigenvalue weighted by Gasteiger charge is -2.10. The number of nitrogens with zero attached hydrogens (tertiary/aromatic N) is 1. The summed E-state index contributed by atoms with van der Waals surface area (Å²) in [5.74, 6) is 0.198. The van der Waals surface area contributed by atoms with E-state index in [0.717, 1.165) is 0 Å². The normalized spacial score (nSPS) is 10.2. The van der Waals surface area contributed by atoms with Gasteiger partial charge in [0.05, 0.1) is 30.2 Å². The number of benzene rings is 2. The van der Waals surface area contributed by atoms with Crippen LogP contribution in [0.3, 0.4) is 0 Å². The molecule has 1 aromatic heterocycles. The minimum absolute atomic E-state index is 0.320. The van der Waals surface area contributed by atoms with Crippen LogP contribution in [0.25, 0.3) is 0 Å². The molecule has 1 heterocycles. The van der Waals surface area contributed by atoms with Crippen LogP contribution >= 0.6 is 0 Å². The minimum Gasteiger partial charge on any atom is -0.496 e. The molecule has 0 spiro atoms. The summed E-state index contributed by atoms with van der Waals surface area (Å²) >= 11 is 0. The highest BCUT2D eigenvalue weighted by molar-refractivity contribution is 6.05. The molecule has 0 unspecified atom stereocenters. The Hall–Kier alpha value is -3.41. The zero-order chi connectivity index (χ0) is 17.6. The number of anilines is 3. The van der Waals surface area contributed by atoms with Crippen molar-refractivity contribution in [2.45, 2.75) is 0 Å². The largest absolute Gasteiger partial charge is 0.496 e. The van der Waals surface area contributed by atoms with Crippen LogP contribution in [0.1, 0.15) is 10.4 Å². The van der Waals surface area contributed by atoms with E-state index in [1.165, 1.54) is 19.4 Å². The fourth-order valence-electron chi connectivity index (χ4n) is 2.28. The predicted molar refractivity (Wildman–Crippen MR) is 94.9 cm³/mol. The molecule has 25 heavy (non-hydrogen) atoms. The van der Waals surface area contributed by atoms with Gasteiger partial charge >= 0.3 is 0 Å². The molecule has 3 rings (SSSR count). The number of para-hydroxylation sites is 2. The van der Waals surface area contributed by atoms with E-state index in [1.54, 1.807) is 54.6 Å². The molecule has 2 aromatic carbocycles. The first kappa shape index (κ1) is 16.4. The summed E-state index contributed by atoms with van der Waals surface area (Å²) < 4.78 is 18.8. The Bertz CT molecular complexity index is 882. The number of amides is 1. The first-order valence-electron chi connectivity index (χ1n) is 7.59. The highest BCUT2D eigenvalue weighted by Crippen LogP contribution is 2.21. The molecule has 0 aliphatic carbocycles. The number of halogens is 1. The van der Waals surface area contributed by atoms with Crippen molar-refractivity contribution in [1.29, 1.82) is 0 Å². The molecular formula is C19H16FN3O2. The van der Waals surface area contributed by atoms with Crippen LogP contribution in [0.2, 0.25) is 0 Å². The van der Waals surface area contributed by atoms with Crippen LogP contribution in [0, 0.1) is 5.82 Å². The molecule has 0 aliphatic heterocycles. The van der Waals surface area contributed by atoms with Gasteiger partial charge in [-0.15, -0.1) is 0 Å². The van der Waals surface area contributed by atoms with Crippen LogP contribution in [-0.2, 0) is 0 Å². The number of methoxy groups -OCH3 is 1. The molecule has 6 heteroatoms. The van der Waals surface area contributed by atoms with Crippen molar-refractivity contribution in [2.24, 2.45) is 0 Å². The third kappa shape index (κ3) is 3.92. The van der Waals surface area contributed by atoms with E-state index in [4.69, 9.17) is 4.74 Å². The van der Waals surface area contributed by atoms with Gasteiger partial charge in [-0.2, -0.15) is 0 Å². The minimum atomic E-state index is -0.351. The Balaban J connectivity index is 1.70. The van der Waals surface area contributed by atoms with Gasteiger partial charge in [-0.1, -0.05) is 24.3 Å². The fourth-order valence-corrected chi connectivity index (χ4v) is 2.28. The molecule has 2 N–H and O–H groups in total. The molecule has 0 radical (unpaired) electrons. The van der Waals surface area contributed by atoms with Crippen molar-refractivity contribution in [3.05, 3.63) is 78.2 Å². The number of hydrogen-bond donors (Lipinski definition) is 2. The highest BCUT2D eigenvalue weighted by atomic mass is 19.1. The van der Waals surface area contributed by atoms with Gasteiger partial charge in [-0.25, -0.2) is 9.37 Å². The number of hydrogen-bond acceptors (Lipinski definition) is 4. The van der Waals surface area contributed by atoms with Crippen molar-refractivity contribution >= 4 is 23.1 Å². The molecule has 0 saturated carbocycles. The van der Waals surface area contributed by atoms with Gasteiger partial charge < -0.3 is 15.4 Å². The van der Waals surface area contributed by atoms with Crippen LogP contribution in [-0.4, -0.2) is 18.0 Å². The maximum Gasteiger partial charge on any atom is 0.260 e. The predicted octanol–water partition coefficient (Wildman–Crippen LogP) is 4.23. The summed E-state index contributed by atoms with van der Waals surface area (Å²) in [4.78, 5) is 16.5. The fraction of sp³-hybridized carbons (Fsp3) is 0.0526. The number of pyridine rings is 1. The molecule has 0 aliphatic rings. The zero-order valence-corrected chi connectivity index (χ0v) is 13.5. The Morgan fingerprint density at radius 2 is 1.80 bits per heavy atom. The second kappa shape index (κ2) is 7.44. The monoisotopic (exact) mass is 337 g/mol. The maximum atomic E-state index is 13.6. The van der Waals surface area contributed by atoms with Crippen molar-refractivity contribution < 1.29 is 13.9 Å². The lowest BCUT2D eigenvalue weighted by atomic mass is 10.2. The summed E-state index contributed by atoms with van der Waals surface area (Å²) in [6.07, 6.45) is 1.52. The van der Waals surface area contributed by atoms with E-state index >= 15 is 0 Å². The topological polar surface area (TPSA) is 63.2 Å². The Morgan fingerprint density at radius 3 is 2.52 bits per heavy atom. The number of ether oxygens (including phenoxy) is 1. The maximum absolute atomic E-state index is 13.6. The lowest BCUT2D eigenvalue weighted by molar-refractivity contribution is 0.102. The van der Waals surface area contributed by atoms with E-state index < -0.39 is 0 Å². The zero-order valence-electron chi connectivity index (χ0n) is 13.5. The molecule has 0 atom stereocenters. The lowest BCUT2D eigenvalue weighted by Crippen LogP contribution is -2.14. The van der Waals surface area contributed by atoms with Crippen molar-refractivity contribution in [1.82, 2.24) is 4.98 Å². The van der Waals surface area contributed by atoms with E-state index in [0.29, 0.717) is 28.5 Å². The average Bonchev–Trinajstić information content (AvgIpc) is 2.65.